The molecule has 9 N–H and O–H groups in total. The van der Waals surface area contributed by atoms with Gasteiger partial charge in [-0.1, -0.05) is 0 Å². The van der Waals surface area contributed by atoms with Crippen LogP contribution in [0.1, 0.15) is 6.42 Å². The van der Waals surface area contributed by atoms with Crippen molar-refractivity contribution in [3.63, 3.8) is 0 Å². The maximum absolute atomic E-state index is 10.7. The molecule has 4 atom stereocenters. The summed E-state index contributed by atoms with van der Waals surface area (Å²) in [5, 5.41) is 65.0. The van der Waals surface area contributed by atoms with Crippen molar-refractivity contribution >= 4 is 11.9 Å². The van der Waals surface area contributed by atoms with Crippen LogP contribution in [0.15, 0.2) is 0 Å². The first-order valence-corrected chi connectivity index (χ1v) is 7.58. The molecule has 0 aromatic heterocycles. The van der Waals surface area contributed by atoms with Crippen LogP contribution in [-0.2, 0) is 9.59 Å². The average Bonchev–Trinajstić information content (AvgIpc) is 2.49. The quantitative estimate of drug-likeness (QED) is 0.172. The number of carbonyl (C=O) groups is 2. The standard InChI is InChI=1S/C13H25N3O8/c17-3-1-2-14-8-11(22)9(15-4-6(18)19)13(24)10(12(8)23)16-5-7(20)21/h8-17,22-24H,1-5H2,(H,18,19)(H,20,21). The highest BCUT2D eigenvalue weighted by Gasteiger charge is 2.49. The van der Waals surface area contributed by atoms with Crippen LogP contribution < -0.4 is 16.0 Å². The van der Waals surface area contributed by atoms with Crippen LogP contribution >= 0.6 is 0 Å². The minimum Gasteiger partial charge on any atom is -0.480 e. The maximum Gasteiger partial charge on any atom is 0.317 e. The van der Waals surface area contributed by atoms with E-state index in [0.717, 1.165) is 0 Å². The zero-order chi connectivity index (χ0) is 18.3. The van der Waals surface area contributed by atoms with Gasteiger partial charge in [0.05, 0.1) is 49.5 Å². The molecular formula is C13H25N3O8. The summed E-state index contributed by atoms with van der Waals surface area (Å²) in [5.41, 5.74) is 0. The van der Waals surface area contributed by atoms with Crippen molar-refractivity contribution in [2.75, 3.05) is 26.2 Å². The molecule has 0 radical (unpaired) electrons. The number of aliphatic hydroxyl groups excluding tert-OH is 4. The molecule has 0 aliphatic heterocycles. The molecule has 0 spiro atoms. The molecule has 1 saturated carbocycles. The predicted molar refractivity (Wildman–Crippen MR) is 80.4 cm³/mol. The lowest BCUT2D eigenvalue weighted by atomic mass is 9.79. The largest absolute Gasteiger partial charge is 0.480 e. The number of hydrogen-bond donors (Lipinski definition) is 9. The van der Waals surface area contributed by atoms with E-state index in [1.165, 1.54) is 0 Å². The van der Waals surface area contributed by atoms with Crippen molar-refractivity contribution in [2.24, 2.45) is 0 Å². The second-order valence-electron chi connectivity index (χ2n) is 5.63. The number of aliphatic carboxylic acids is 2. The highest BCUT2D eigenvalue weighted by Crippen LogP contribution is 2.22. The highest BCUT2D eigenvalue weighted by atomic mass is 16.4. The van der Waals surface area contributed by atoms with Gasteiger partial charge in [0.25, 0.3) is 0 Å². The van der Waals surface area contributed by atoms with Crippen LogP contribution in [0.3, 0.4) is 0 Å². The van der Waals surface area contributed by atoms with Gasteiger partial charge < -0.3 is 36.0 Å². The molecule has 0 saturated heterocycles. The molecule has 0 aromatic carbocycles. The van der Waals surface area contributed by atoms with Gasteiger partial charge in [0.2, 0.25) is 0 Å². The van der Waals surface area contributed by atoms with Gasteiger partial charge in [0.1, 0.15) is 0 Å². The minimum absolute atomic E-state index is 0.101. The Bertz CT molecular complexity index is 392. The number of hydrogen-bond acceptors (Lipinski definition) is 9. The van der Waals surface area contributed by atoms with E-state index in [9.17, 15) is 24.9 Å². The van der Waals surface area contributed by atoms with E-state index >= 15 is 0 Å². The van der Waals surface area contributed by atoms with Crippen molar-refractivity contribution < 1.29 is 40.2 Å². The zero-order valence-corrected chi connectivity index (χ0v) is 13.0. The summed E-state index contributed by atoms with van der Waals surface area (Å²) < 4.78 is 0. The first-order valence-electron chi connectivity index (χ1n) is 7.58. The normalized spacial score (nSPS) is 33.3. The lowest BCUT2D eigenvalue weighted by Crippen LogP contribution is -2.74. The molecule has 1 aliphatic carbocycles. The Morgan fingerprint density at radius 1 is 0.750 bits per heavy atom. The maximum atomic E-state index is 10.7. The van der Waals surface area contributed by atoms with Gasteiger partial charge in [-0.2, -0.15) is 0 Å². The first-order chi connectivity index (χ1) is 11.3. The Kier molecular flexibility index (Phi) is 8.48. The average molecular weight is 351 g/mol. The minimum atomic E-state index is -1.41. The highest BCUT2D eigenvalue weighted by molar-refractivity contribution is 5.69. The van der Waals surface area contributed by atoms with E-state index in [0.29, 0.717) is 6.42 Å². The van der Waals surface area contributed by atoms with Crippen LogP contribution in [0.2, 0.25) is 0 Å². The Balaban J connectivity index is 2.88. The summed E-state index contributed by atoms with van der Waals surface area (Å²) in [6.45, 7) is -0.883. The lowest BCUT2D eigenvalue weighted by Gasteiger charge is -2.46. The number of nitrogens with one attached hydrogen (secondary N) is 3. The SMILES string of the molecule is O=C(O)CNC1C(O)C(NCCCO)C(O)C(NCC(=O)O)C1O. The number of carboxylic acids is 2. The molecular weight excluding hydrogens is 326 g/mol. The van der Waals surface area contributed by atoms with Gasteiger partial charge in [-0.15, -0.1) is 0 Å². The summed E-state index contributed by atoms with van der Waals surface area (Å²) >= 11 is 0. The molecule has 0 amide bonds. The van der Waals surface area contributed by atoms with Crippen molar-refractivity contribution in [2.45, 2.75) is 42.9 Å². The van der Waals surface area contributed by atoms with Crippen molar-refractivity contribution in [3.05, 3.63) is 0 Å². The fourth-order valence-electron chi connectivity index (χ4n) is 2.76. The van der Waals surface area contributed by atoms with E-state index in [4.69, 9.17) is 15.3 Å². The Morgan fingerprint density at radius 2 is 1.12 bits per heavy atom. The predicted octanol–water partition coefficient (Wildman–Crippen LogP) is -4.49. The van der Waals surface area contributed by atoms with Gasteiger partial charge in [0.15, 0.2) is 0 Å². The smallest absolute Gasteiger partial charge is 0.317 e. The van der Waals surface area contributed by atoms with E-state index in [1.807, 2.05) is 0 Å². The second kappa shape index (κ2) is 9.84. The number of carboxylic acid groups (broad SMARTS) is 2. The molecule has 24 heavy (non-hydrogen) atoms. The summed E-state index contributed by atoms with van der Waals surface area (Å²) in [5.74, 6) is -2.39. The van der Waals surface area contributed by atoms with Crippen molar-refractivity contribution in [1.29, 1.82) is 0 Å². The molecule has 11 nitrogen and oxygen atoms in total. The van der Waals surface area contributed by atoms with Crippen LogP contribution in [-0.4, -0.2) is 105 Å². The number of rotatable bonds is 10. The van der Waals surface area contributed by atoms with E-state index < -0.39 is 61.5 Å². The molecule has 0 bridgehead atoms. The third-order valence-corrected chi connectivity index (χ3v) is 3.90. The molecule has 1 rings (SSSR count). The van der Waals surface area contributed by atoms with E-state index in [-0.39, 0.29) is 13.2 Å². The monoisotopic (exact) mass is 351 g/mol. The van der Waals surface area contributed by atoms with Gasteiger partial charge in [0, 0.05) is 6.61 Å². The Morgan fingerprint density at radius 3 is 1.46 bits per heavy atom. The van der Waals surface area contributed by atoms with Crippen molar-refractivity contribution in [1.82, 2.24) is 16.0 Å². The van der Waals surface area contributed by atoms with Gasteiger partial charge in [-0.3, -0.25) is 20.2 Å². The molecule has 1 fully saturated rings. The van der Waals surface area contributed by atoms with Crippen molar-refractivity contribution in [3.8, 4) is 0 Å². The summed E-state index contributed by atoms with van der Waals surface area (Å²) in [6, 6.07) is -3.14. The van der Waals surface area contributed by atoms with Gasteiger partial charge in [-0.05, 0) is 13.0 Å². The number of aliphatic hydroxyl groups is 4. The van der Waals surface area contributed by atoms with Crippen LogP contribution in [0.5, 0.6) is 0 Å². The topological polar surface area (TPSA) is 192 Å². The zero-order valence-electron chi connectivity index (χ0n) is 13.0. The third-order valence-electron chi connectivity index (χ3n) is 3.90. The molecule has 140 valence electrons. The third kappa shape index (κ3) is 5.63. The lowest BCUT2D eigenvalue weighted by molar-refractivity contribution is -0.138. The Hall–Kier alpha value is -1.34. The van der Waals surface area contributed by atoms with Crippen LogP contribution in [0.4, 0.5) is 0 Å². The Labute approximate surface area is 138 Å². The van der Waals surface area contributed by atoms with Gasteiger partial charge in [-0.25, -0.2) is 0 Å². The van der Waals surface area contributed by atoms with E-state index in [2.05, 4.69) is 16.0 Å². The molecule has 0 aromatic rings. The first kappa shape index (κ1) is 20.7. The van der Waals surface area contributed by atoms with E-state index in [1.54, 1.807) is 0 Å². The van der Waals surface area contributed by atoms with Crippen LogP contribution in [0, 0.1) is 0 Å². The molecule has 0 heterocycles. The summed E-state index contributed by atoms with van der Waals surface area (Å²) in [6.07, 6.45) is -3.70. The summed E-state index contributed by atoms with van der Waals surface area (Å²) in [7, 11) is 0. The van der Waals surface area contributed by atoms with Crippen LogP contribution in [0.25, 0.3) is 0 Å². The molecule has 11 heteroatoms. The second-order valence-corrected chi connectivity index (χ2v) is 5.63. The molecule has 4 unspecified atom stereocenters. The van der Waals surface area contributed by atoms with Gasteiger partial charge >= 0.3 is 11.9 Å². The molecule has 1 aliphatic rings. The fourth-order valence-corrected chi connectivity index (χ4v) is 2.76. The summed E-state index contributed by atoms with van der Waals surface area (Å²) in [4.78, 5) is 21.4. The fraction of sp³-hybridized carbons (Fsp3) is 0.846.